The second-order valence-corrected chi connectivity index (χ2v) is 3.28. The van der Waals surface area contributed by atoms with Crippen molar-refractivity contribution >= 4 is 28.3 Å². The van der Waals surface area contributed by atoms with Crippen molar-refractivity contribution in [2.75, 3.05) is 6.61 Å². The van der Waals surface area contributed by atoms with Crippen LogP contribution in [0, 0.1) is 5.82 Å². The van der Waals surface area contributed by atoms with Crippen LogP contribution in [-0.4, -0.2) is 11.7 Å². The van der Waals surface area contributed by atoms with E-state index >= 15 is 0 Å². The first kappa shape index (κ1) is 12.8. The van der Waals surface area contributed by atoms with Crippen molar-refractivity contribution in [3.8, 4) is 0 Å². The summed E-state index contributed by atoms with van der Waals surface area (Å²) in [6.07, 6.45) is 0. The van der Waals surface area contributed by atoms with E-state index in [0.717, 1.165) is 0 Å². The Morgan fingerprint density at radius 3 is 2.62 bits per heavy atom. The van der Waals surface area contributed by atoms with E-state index in [-0.39, 0.29) is 19.0 Å². The Bertz CT molecular complexity index is 265. The summed E-state index contributed by atoms with van der Waals surface area (Å²) in [6.45, 7) is -0.264. The lowest BCUT2D eigenvalue weighted by Crippen LogP contribution is -2.16. The maximum absolute atomic E-state index is 13.1. The second kappa shape index (κ2) is 5.54. The Balaban J connectivity index is 0.00000144. The van der Waals surface area contributed by atoms with Crippen LogP contribution in [0.4, 0.5) is 4.39 Å². The molecule has 0 amide bonds. The van der Waals surface area contributed by atoms with Gasteiger partial charge < -0.3 is 10.8 Å². The van der Waals surface area contributed by atoms with Gasteiger partial charge in [-0.05, 0) is 12.1 Å². The Hall–Kier alpha value is -0.160. The third kappa shape index (κ3) is 2.91. The van der Waals surface area contributed by atoms with Gasteiger partial charge in [0.15, 0.2) is 0 Å². The van der Waals surface area contributed by atoms with Crippen molar-refractivity contribution in [3.63, 3.8) is 0 Å². The van der Waals surface area contributed by atoms with Crippen molar-refractivity contribution < 1.29 is 9.50 Å². The second-order valence-electron chi connectivity index (χ2n) is 2.42. The number of aliphatic hydroxyl groups excluding tert-OH is 1. The molecule has 0 aliphatic rings. The van der Waals surface area contributed by atoms with E-state index in [0.29, 0.717) is 10.0 Å². The van der Waals surface area contributed by atoms with Gasteiger partial charge >= 0.3 is 0 Å². The molecule has 0 saturated carbocycles. The first-order valence-electron chi connectivity index (χ1n) is 3.47. The maximum Gasteiger partial charge on any atom is 0.129 e. The molecule has 0 aromatic heterocycles. The molecular formula is C8H10BrClFNO. The minimum absolute atomic E-state index is 0. The largest absolute Gasteiger partial charge is 0.394 e. The fourth-order valence-corrected chi connectivity index (χ4v) is 1.59. The molecule has 74 valence electrons. The molecule has 0 fully saturated rings. The first-order valence-corrected chi connectivity index (χ1v) is 4.26. The Labute approximate surface area is 90.5 Å². The van der Waals surface area contributed by atoms with Gasteiger partial charge in [-0.2, -0.15) is 0 Å². The van der Waals surface area contributed by atoms with Crippen LogP contribution in [0.15, 0.2) is 22.7 Å². The summed E-state index contributed by atoms with van der Waals surface area (Å²) in [7, 11) is 0. The maximum atomic E-state index is 13.1. The van der Waals surface area contributed by atoms with E-state index in [1.165, 1.54) is 6.07 Å². The number of aliphatic hydroxyl groups is 1. The number of hydrogen-bond donors (Lipinski definition) is 2. The van der Waals surface area contributed by atoms with Gasteiger partial charge in [-0.3, -0.25) is 0 Å². The summed E-state index contributed by atoms with van der Waals surface area (Å²) in [4.78, 5) is 0. The molecule has 0 heterocycles. The lowest BCUT2D eigenvalue weighted by atomic mass is 10.1. The van der Waals surface area contributed by atoms with Crippen molar-refractivity contribution in [2.24, 2.45) is 5.73 Å². The molecule has 0 unspecified atom stereocenters. The van der Waals surface area contributed by atoms with Crippen molar-refractivity contribution in [3.05, 3.63) is 34.1 Å². The molecule has 0 spiro atoms. The number of halogens is 3. The molecule has 1 atom stereocenters. The molecule has 0 bridgehead atoms. The average molecular weight is 271 g/mol. The SMILES string of the molecule is Cl.N[C@@H](CO)c1c(F)cccc1Br. The number of rotatable bonds is 2. The highest BCUT2D eigenvalue weighted by Crippen LogP contribution is 2.24. The van der Waals surface area contributed by atoms with E-state index in [2.05, 4.69) is 15.9 Å². The lowest BCUT2D eigenvalue weighted by Gasteiger charge is -2.11. The molecule has 0 saturated heterocycles. The molecule has 2 nitrogen and oxygen atoms in total. The molecular weight excluding hydrogens is 260 g/mol. The number of nitrogens with two attached hydrogens (primary N) is 1. The van der Waals surface area contributed by atoms with Gasteiger partial charge in [-0.1, -0.05) is 22.0 Å². The third-order valence-electron chi connectivity index (χ3n) is 1.57. The summed E-state index contributed by atoms with van der Waals surface area (Å²) in [5.74, 6) is -0.397. The Morgan fingerprint density at radius 2 is 2.15 bits per heavy atom. The topological polar surface area (TPSA) is 46.2 Å². The summed E-state index contributed by atoms with van der Waals surface area (Å²) >= 11 is 3.16. The first-order chi connectivity index (χ1) is 5.66. The van der Waals surface area contributed by atoms with Crippen LogP contribution in [0.2, 0.25) is 0 Å². The van der Waals surface area contributed by atoms with Gasteiger partial charge in [-0.25, -0.2) is 4.39 Å². The van der Waals surface area contributed by atoms with Gasteiger partial charge in [0.1, 0.15) is 5.82 Å². The van der Waals surface area contributed by atoms with Crippen LogP contribution in [0.25, 0.3) is 0 Å². The van der Waals surface area contributed by atoms with Crippen LogP contribution in [0.5, 0.6) is 0 Å². The quantitative estimate of drug-likeness (QED) is 0.863. The van der Waals surface area contributed by atoms with Gasteiger partial charge in [0.25, 0.3) is 0 Å². The molecule has 0 aliphatic carbocycles. The molecule has 0 aliphatic heterocycles. The van der Waals surface area contributed by atoms with E-state index in [1.807, 2.05) is 0 Å². The average Bonchev–Trinajstić information content (AvgIpc) is 2.03. The monoisotopic (exact) mass is 269 g/mol. The standard InChI is InChI=1S/C8H9BrFNO.ClH/c9-5-2-1-3-6(10)8(5)7(11)4-12;/h1-3,7,12H,4,11H2;1H/t7-;/m0./s1. The minimum atomic E-state index is -0.666. The van der Waals surface area contributed by atoms with E-state index < -0.39 is 11.9 Å². The van der Waals surface area contributed by atoms with Crippen LogP contribution >= 0.6 is 28.3 Å². The van der Waals surface area contributed by atoms with Crippen molar-refractivity contribution in [2.45, 2.75) is 6.04 Å². The van der Waals surface area contributed by atoms with Crippen LogP contribution in [0.1, 0.15) is 11.6 Å². The molecule has 1 aromatic rings. The predicted molar refractivity (Wildman–Crippen MR) is 55.4 cm³/mol. The fourth-order valence-electron chi connectivity index (χ4n) is 0.956. The third-order valence-corrected chi connectivity index (χ3v) is 2.26. The summed E-state index contributed by atoms with van der Waals surface area (Å²) in [6, 6.07) is 3.91. The molecule has 1 aromatic carbocycles. The van der Waals surface area contributed by atoms with Gasteiger partial charge in [0.05, 0.1) is 12.6 Å². The fraction of sp³-hybridized carbons (Fsp3) is 0.250. The Morgan fingerprint density at radius 1 is 1.54 bits per heavy atom. The van der Waals surface area contributed by atoms with Crippen LogP contribution in [0.3, 0.4) is 0 Å². The van der Waals surface area contributed by atoms with Crippen LogP contribution in [-0.2, 0) is 0 Å². The highest BCUT2D eigenvalue weighted by Gasteiger charge is 2.13. The van der Waals surface area contributed by atoms with Crippen molar-refractivity contribution in [1.29, 1.82) is 0 Å². The molecule has 13 heavy (non-hydrogen) atoms. The highest BCUT2D eigenvalue weighted by atomic mass is 79.9. The summed E-state index contributed by atoms with van der Waals surface area (Å²) in [5.41, 5.74) is 5.80. The van der Waals surface area contributed by atoms with Crippen molar-refractivity contribution in [1.82, 2.24) is 0 Å². The minimum Gasteiger partial charge on any atom is -0.394 e. The zero-order chi connectivity index (χ0) is 9.14. The number of benzene rings is 1. The molecule has 0 radical (unpaired) electrons. The molecule has 5 heteroatoms. The predicted octanol–water partition coefficient (Wildman–Crippen LogP) is 2.00. The smallest absolute Gasteiger partial charge is 0.129 e. The normalized spacial score (nSPS) is 12.0. The van der Waals surface area contributed by atoms with Gasteiger partial charge in [0.2, 0.25) is 0 Å². The van der Waals surface area contributed by atoms with Gasteiger partial charge in [-0.15, -0.1) is 12.4 Å². The number of hydrogen-bond acceptors (Lipinski definition) is 2. The van der Waals surface area contributed by atoms with Crippen LogP contribution < -0.4 is 5.73 Å². The van der Waals surface area contributed by atoms with E-state index in [4.69, 9.17) is 10.8 Å². The summed E-state index contributed by atoms with van der Waals surface area (Å²) < 4.78 is 13.7. The van der Waals surface area contributed by atoms with Gasteiger partial charge in [0, 0.05) is 10.0 Å². The zero-order valence-corrected chi connectivity index (χ0v) is 9.11. The molecule has 3 N–H and O–H groups in total. The highest BCUT2D eigenvalue weighted by molar-refractivity contribution is 9.10. The zero-order valence-electron chi connectivity index (χ0n) is 6.71. The Kier molecular flexibility index (Phi) is 5.48. The van der Waals surface area contributed by atoms with E-state index in [9.17, 15) is 4.39 Å². The molecule has 1 rings (SSSR count). The summed E-state index contributed by atoms with van der Waals surface area (Å²) in [5, 5.41) is 8.72. The lowest BCUT2D eigenvalue weighted by molar-refractivity contribution is 0.265. The van der Waals surface area contributed by atoms with E-state index in [1.54, 1.807) is 12.1 Å².